The number of pyridine rings is 2. The van der Waals surface area contributed by atoms with Gasteiger partial charge in [0.2, 0.25) is 5.43 Å². The fourth-order valence-corrected chi connectivity index (χ4v) is 3.08. The highest BCUT2D eigenvalue weighted by molar-refractivity contribution is 6.06. The zero-order chi connectivity index (χ0) is 19.0. The highest BCUT2D eigenvalue weighted by Crippen LogP contribution is 2.22. The number of H-pyrrole nitrogens is 1. The third-order valence-electron chi connectivity index (χ3n) is 4.41. The van der Waals surface area contributed by atoms with Gasteiger partial charge in [0.05, 0.1) is 16.6 Å². The van der Waals surface area contributed by atoms with Crippen LogP contribution in [0, 0.1) is 0 Å². The molecule has 0 bridgehead atoms. The van der Waals surface area contributed by atoms with Gasteiger partial charge >= 0.3 is 5.97 Å². The molecule has 0 saturated carbocycles. The first-order valence-corrected chi connectivity index (χ1v) is 8.33. The minimum atomic E-state index is -1.28. The molecule has 0 aliphatic carbocycles. The number of fused-ring (bicyclic) bond motifs is 3. The molecular weight excluding hydrogens is 334 g/mol. The van der Waals surface area contributed by atoms with Crippen LogP contribution in [0.5, 0.6) is 0 Å². The SMILES string of the molecule is CCN(C(=O)c1cnc2c(ccc3c(=O)c(C(=O)O)c[nH]c32)c1)C(C)C. The molecule has 0 unspecified atom stereocenters. The number of carbonyl (C=O) groups is 2. The molecule has 1 aromatic carbocycles. The van der Waals surface area contributed by atoms with Crippen LogP contribution < -0.4 is 5.43 Å². The number of rotatable bonds is 4. The van der Waals surface area contributed by atoms with Crippen molar-refractivity contribution in [2.75, 3.05) is 6.54 Å². The van der Waals surface area contributed by atoms with Gasteiger partial charge in [0, 0.05) is 35.8 Å². The summed E-state index contributed by atoms with van der Waals surface area (Å²) < 4.78 is 0. The first-order chi connectivity index (χ1) is 12.3. The van der Waals surface area contributed by atoms with E-state index in [1.54, 1.807) is 23.1 Å². The molecule has 0 spiro atoms. The number of hydrogen-bond donors (Lipinski definition) is 2. The van der Waals surface area contributed by atoms with Crippen LogP contribution in [-0.4, -0.2) is 44.4 Å². The molecular formula is C19H19N3O4. The van der Waals surface area contributed by atoms with Gasteiger partial charge in [-0.3, -0.25) is 14.6 Å². The lowest BCUT2D eigenvalue weighted by Gasteiger charge is -2.25. The number of aromatic amines is 1. The largest absolute Gasteiger partial charge is 0.477 e. The van der Waals surface area contributed by atoms with E-state index in [0.29, 0.717) is 28.5 Å². The molecule has 0 aliphatic heterocycles. The number of carboxylic acid groups (broad SMARTS) is 1. The lowest BCUT2D eigenvalue weighted by Crippen LogP contribution is -2.36. The summed E-state index contributed by atoms with van der Waals surface area (Å²) in [6, 6.07) is 5.04. The van der Waals surface area contributed by atoms with E-state index < -0.39 is 11.4 Å². The second-order valence-corrected chi connectivity index (χ2v) is 6.31. The Balaban J connectivity index is 2.17. The zero-order valence-electron chi connectivity index (χ0n) is 14.7. The Labute approximate surface area is 149 Å². The van der Waals surface area contributed by atoms with Gasteiger partial charge in [0.25, 0.3) is 5.91 Å². The summed E-state index contributed by atoms with van der Waals surface area (Å²) in [4.78, 5) is 45.0. The molecule has 26 heavy (non-hydrogen) atoms. The molecule has 0 atom stereocenters. The van der Waals surface area contributed by atoms with Crippen LogP contribution in [-0.2, 0) is 0 Å². The van der Waals surface area contributed by atoms with Gasteiger partial charge in [0.1, 0.15) is 5.56 Å². The molecule has 2 aromatic heterocycles. The molecule has 7 nitrogen and oxygen atoms in total. The number of nitrogens with zero attached hydrogens (tertiary/aromatic N) is 2. The van der Waals surface area contributed by atoms with Gasteiger partial charge in [-0.05, 0) is 32.9 Å². The number of aromatic nitrogens is 2. The van der Waals surface area contributed by atoms with Crippen molar-refractivity contribution >= 4 is 33.7 Å². The van der Waals surface area contributed by atoms with E-state index in [2.05, 4.69) is 9.97 Å². The van der Waals surface area contributed by atoms with E-state index in [1.807, 2.05) is 20.8 Å². The van der Waals surface area contributed by atoms with Crippen molar-refractivity contribution in [1.29, 1.82) is 0 Å². The van der Waals surface area contributed by atoms with Crippen molar-refractivity contribution < 1.29 is 14.7 Å². The van der Waals surface area contributed by atoms with E-state index in [1.165, 1.54) is 12.4 Å². The van der Waals surface area contributed by atoms with E-state index in [-0.39, 0.29) is 22.9 Å². The van der Waals surface area contributed by atoms with Gasteiger partial charge < -0.3 is 15.0 Å². The molecule has 0 radical (unpaired) electrons. The first-order valence-electron chi connectivity index (χ1n) is 8.33. The third-order valence-corrected chi connectivity index (χ3v) is 4.41. The molecule has 0 saturated heterocycles. The van der Waals surface area contributed by atoms with Crippen molar-refractivity contribution in [3.63, 3.8) is 0 Å². The number of carboxylic acids is 1. The van der Waals surface area contributed by atoms with Crippen molar-refractivity contribution in [3.05, 3.63) is 51.9 Å². The standard InChI is InChI=1S/C19H19N3O4/c1-4-22(10(2)3)18(24)12-7-11-5-6-13-16(15(11)20-8-12)21-9-14(17(13)23)19(25)26/h5-10H,4H2,1-3H3,(H,21,23)(H,25,26). The van der Waals surface area contributed by atoms with Crippen LogP contribution in [0.15, 0.2) is 35.4 Å². The van der Waals surface area contributed by atoms with E-state index in [0.717, 1.165) is 0 Å². The number of nitrogens with one attached hydrogen (secondary N) is 1. The van der Waals surface area contributed by atoms with Crippen molar-refractivity contribution in [1.82, 2.24) is 14.9 Å². The van der Waals surface area contributed by atoms with Gasteiger partial charge in [-0.15, -0.1) is 0 Å². The molecule has 3 aromatic rings. The second-order valence-electron chi connectivity index (χ2n) is 6.31. The number of carbonyl (C=O) groups excluding carboxylic acids is 1. The maximum atomic E-state index is 12.7. The Kier molecular flexibility index (Phi) is 4.46. The van der Waals surface area contributed by atoms with Crippen molar-refractivity contribution in [3.8, 4) is 0 Å². The number of benzene rings is 1. The summed E-state index contributed by atoms with van der Waals surface area (Å²) in [6.45, 7) is 6.42. The van der Waals surface area contributed by atoms with Crippen molar-refractivity contribution in [2.24, 2.45) is 0 Å². The summed E-state index contributed by atoms with van der Waals surface area (Å²) >= 11 is 0. The van der Waals surface area contributed by atoms with Crippen LogP contribution in [0.1, 0.15) is 41.5 Å². The summed E-state index contributed by atoms with van der Waals surface area (Å²) in [5.41, 5.74) is 0.552. The monoisotopic (exact) mass is 353 g/mol. The number of hydrogen-bond acceptors (Lipinski definition) is 4. The fourth-order valence-electron chi connectivity index (χ4n) is 3.08. The van der Waals surface area contributed by atoms with Crippen molar-refractivity contribution in [2.45, 2.75) is 26.8 Å². The average Bonchev–Trinajstić information content (AvgIpc) is 2.61. The Bertz CT molecular complexity index is 1090. The normalized spacial score (nSPS) is 11.2. The minimum absolute atomic E-state index is 0.0746. The fraction of sp³-hybridized carbons (Fsp3) is 0.263. The molecule has 0 aliphatic rings. The molecule has 1 amide bonds. The third kappa shape index (κ3) is 2.81. The summed E-state index contributed by atoms with van der Waals surface area (Å²) in [7, 11) is 0. The van der Waals surface area contributed by atoms with Crippen LogP contribution in [0.4, 0.5) is 0 Å². The van der Waals surface area contributed by atoms with E-state index >= 15 is 0 Å². The molecule has 3 rings (SSSR count). The van der Waals surface area contributed by atoms with Gasteiger partial charge in [-0.25, -0.2) is 4.79 Å². The Morgan fingerprint density at radius 3 is 2.65 bits per heavy atom. The maximum absolute atomic E-state index is 12.7. The minimum Gasteiger partial charge on any atom is -0.477 e. The highest BCUT2D eigenvalue weighted by atomic mass is 16.4. The van der Waals surface area contributed by atoms with Gasteiger partial charge in [-0.1, -0.05) is 6.07 Å². The average molecular weight is 353 g/mol. The molecule has 2 heterocycles. The van der Waals surface area contributed by atoms with Gasteiger partial charge in [-0.2, -0.15) is 0 Å². The predicted molar refractivity (Wildman–Crippen MR) is 98.7 cm³/mol. The van der Waals surface area contributed by atoms with Crippen LogP contribution in [0.25, 0.3) is 21.8 Å². The molecule has 0 fully saturated rings. The summed E-state index contributed by atoms with van der Waals surface area (Å²) in [5.74, 6) is -1.39. The van der Waals surface area contributed by atoms with Gasteiger partial charge in [0.15, 0.2) is 0 Å². The lowest BCUT2D eigenvalue weighted by molar-refractivity contribution is 0.0691. The molecule has 134 valence electrons. The Hall–Kier alpha value is -3.22. The van der Waals surface area contributed by atoms with Crippen LogP contribution in [0.2, 0.25) is 0 Å². The smallest absolute Gasteiger partial charge is 0.341 e. The predicted octanol–water partition coefficient (Wildman–Crippen LogP) is 2.65. The molecule has 2 N–H and O–H groups in total. The zero-order valence-corrected chi connectivity index (χ0v) is 14.7. The summed E-state index contributed by atoms with van der Waals surface area (Å²) in [6.07, 6.45) is 2.66. The van der Waals surface area contributed by atoms with Crippen LogP contribution >= 0.6 is 0 Å². The second kappa shape index (κ2) is 6.59. The number of amides is 1. The summed E-state index contributed by atoms with van der Waals surface area (Å²) in [5, 5.41) is 10.0. The van der Waals surface area contributed by atoms with E-state index in [4.69, 9.17) is 5.11 Å². The maximum Gasteiger partial charge on any atom is 0.341 e. The Morgan fingerprint density at radius 1 is 1.31 bits per heavy atom. The quantitative estimate of drug-likeness (QED) is 0.702. The highest BCUT2D eigenvalue weighted by Gasteiger charge is 2.19. The van der Waals surface area contributed by atoms with E-state index in [9.17, 15) is 14.4 Å². The number of aromatic carboxylic acids is 1. The topological polar surface area (TPSA) is 103 Å². The molecule has 7 heteroatoms. The Morgan fingerprint density at radius 2 is 2.04 bits per heavy atom. The lowest BCUT2D eigenvalue weighted by atomic mass is 10.1. The van der Waals surface area contributed by atoms with Crippen LogP contribution in [0.3, 0.4) is 0 Å². The first kappa shape index (κ1) is 17.6.